The fraction of sp³-hybridized carbons (Fsp3) is 0.571. The van der Waals surface area contributed by atoms with Crippen LogP contribution in [0.3, 0.4) is 0 Å². The molecule has 0 saturated carbocycles. The van der Waals surface area contributed by atoms with Crippen molar-refractivity contribution in [3.05, 3.63) is 12.2 Å². The highest BCUT2D eigenvalue weighted by Gasteiger charge is 2.34. The molecule has 76 valence electrons. The van der Waals surface area contributed by atoms with E-state index in [1.807, 2.05) is 0 Å². The third-order valence-corrected chi connectivity index (χ3v) is 0.978. The zero-order valence-electron chi connectivity index (χ0n) is 6.98. The van der Waals surface area contributed by atoms with Crippen LogP contribution in [-0.2, 0) is 14.3 Å². The highest BCUT2D eigenvalue weighted by Crippen LogP contribution is 2.17. The predicted octanol–water partition coefficient (Wildman–Crippen LogP) is 1.64. The zero-order valence-corrected chi connectivity index (χ0v) is 6.98. The van der Waals surface area contributed by atoms with Gasteiger partial charge in [-0.15, -0.1) is 13.2 Å². The summed E-state index contributed by atoms with van der Waals surface area (Å²) in [6.07, 6.45) is -4.97. The van der Waals surface area contributed by atoms with Gasteiger partial charge >= 0.3 is 12.3 Å². The van der Waals surface area contributed by atoms with E-state index in [0.29, 0.717) is 0 Å². The number of esters is 1. The summed E-state index contributed by atoms with van der Waals surface area (Å²) in [6, 6.07) is 0. The molecular formula is C7H9F3O3. The number of alkyl halides is 3. The van der Waals surface area contributed by atoms with Crippen LogP contribution in [0.15, 0.2) is 12.2 Å². The largest absolute Gasteiger partial charge is 0.575 e. The van der Waals surface area contributed by atoms with Gasteiger partial charge in [-0.2, -0.15) is 0 Å². The van der Waals surface area contributed by atoms with Gasteiger partial charge in [0.2, 0.25) is 0 Å². The molecule has 3 nitrogen and oxygen atoms in total. The van der Waals surface area contributed by atoms with Crippen LogP contribution in [0.2, 0.25) is 0 Å². The van der Waals surface area contributed by atoms with E-state index in [0.717, 1.165) is 0 Å². The van der Waals surface area contributed by atoms with Crippen LogP contribution in [0.4, 0.5) is 13.2 Å². The van der Waals surface area contributed by atoms with Crippen molar-refractivity contribution in [3.63, 3.8) is 0 Å². The summed E-state index contributed by atoms with van der Waals surface area (Å²) >= 11 is 0. The third-order valence-electron chi connectivity index (χ3n) is 0.978. The maximum Gasteiger partial charge on any atom is 0.575 e. The fourth-order valence-corrected chi connectivity index (χ4v) is 0.461. The van der Waals surface area contributed by atoms with Crippen molar-refractivity contribution in [2.24, 2.45) is 0 Å². The highest BCUT2D eigenvalue weighted by molar-refractivity contribution is 5.88. The van der Waals surface area contributed by atoms with E-state index in [4.69, 9.17) is 0 Å². The second-order valence-electron chi connectivity index (χ2n) is 2.08. The Morgan fingerprint density at radius 2 is 2.00 bits per heavy atom. The van der Waals surface area contributed by atoms with Crippen molar-refractivity contribution in [3.8, 4) is 0 Å². The van der Waals surface area contributed by atoms with Crippen molar-refractivity contribution in [1.82, 2.24) is 0 Å². The number of rotatable bonds is 4. The first-order valence-corrected chi connectivity index (χ1v) is 3.42. The summed E-state index contributed by atoms with van der Waals surface area (Å²) in [4.78, 5) is 10.5. The molecule has 6 heteroatoms. The molecule has 0 unspecified atom stereocenters. The highest BCUT2D eigenvalue weighted by atomic mass is 19.4. The number of hydrogen-bond donors (Lipinski definition) is 0. The van der Waals surface area contributed by atoms with Crippen LogP contribution in [0, 0.1) is 0 Å². The molecule has 0 spiro atoms. The maximum atomic E-state index is 11.5. The summed E-state index contributed by atoms with van der Waals surface area (Å²) in [5.41, 5.74) is -0.362. The van der Waals surface area contributed by atoms with Gasteiger partial charge in [0.05, 0.1) is 12.2 Å². The predicted molar refractivity (Wildman–Crippen MR) is 37.8 cm³/mol. The summed E-state index contributed by atoms with van der Waals surface area (Å²) < 4.78 is 42.1. The Balaban J connectivity index is 3.91. The minimum absolute atomic E-state index is 0.259. The Hall–Kier alpha value is -1.04. The molecule has 0 atom stereocenters. The van der Waals surface area contributed by atoms with E-state index in [1.54, 1.807) is 6.92 Å². The van der Waals surface area contributed by atoms with E-state index in [9.17, 15) is 18.0 Å². The molecule has 0 N–H and O–H groups in total. The van der Waals surface area contributed by atoms with Gasteiger partial charge in [0.25, 0.3) is 0 Å². The molecule has 0 aliphatic rings. The summed E-state index contributed by atoms with van der Waals surface area (Å²) in [5.74, 6) is -1.51. The molecule has 0 aromatic heterocycles. The normalized spacial score (nSPS) is 11.1. The van der Waals surface area contributed by atoms with Crippen molar-refractivity contribution in [2.75, 3.05) is 13.2 Å². The van der Waals surface area contributed by atoms with E-state index < -0.39 is 12.3 Å². The Morgan fingerprint density at radius 1 is 1.46 bits per heavy atom. The van der Waals surface area contributed by atoms with Crippen molar-refractivity contribution in [2.45, 2.75) is 13.3 Å². The Morgan fingerprint density at radius 3 is 2.38 bits per heavy atom. The monoisotopic (exact) mass is 198 g/mol. The van der Waals surface area contributed by atoms with Gasteiger partial charge in [0.15, 0.2) is 0 Å². The average molecular weight is 198 g/mol. The Labute approximate surface area is 73.1 Å². The van der Waals surface area contributed by atoms with Crippen LogP contribution in [0.5, 0.6) is 0 Å². The SMILES string of the molecule is C=C(COCC)C(=O)OC(F)(F)F. The minimum atomic E-state index is -4.97. The lowest BCUT2D eigenvalue weighted by atomic mass is 10.3. The lowest BCUT2D eigenvalue weighted by molar-refractivity contribution is -0.303. The lowest BCUT2D eigenvalue weighted by Gasteiger charge is -2.08. The van der Waals surface area contributed by atoms with E-state index in [1.165, 1.54) is 0 Å². The standard InChI is InChI=1S/C7H9F3O3/c1-3-12-4-5(2)6(11)13-7(8,9)10/h2-4H2,1H3. The third kappa shape index (κ3) is 6.15. The quantitative estimate of drug-likeness (QED) is 0.508. The lowest BCUT2D eigenvalue weighted by Crippen LogP contribution is -2.22. The molecule has 0 aromatic rings. The summed E-state index contributed by atoms with van der Waals surface area (Å²) in [7, 11) is 0. The van der Waals surface area contributed by atoms with E-state index in [-0.39, 0.29) is 18.8 Å². The molecule has 0 aliphatic heterocycles. The van der Waals surface area contributed by atoms with Crippen molar-refractivity contribution < 1.29 is 27.4 Å². The van der Waals surface area contributed by atoms with E-state index in [2.05, 4.69) is 16.1 Å². The van der Waals surface area contributed by atoms with Gasteiger partial charge in [-0.1, -0.05) is 6.58 Å². The topological polar surface area (TPSA) is 35.5 Å². The second-order valence-corrected chi connectivity index (χ2v) is 2.08. The van der Waals surface area contributed by atoms with Gasteiger partial charge in [-0.25, -0.2) is 4.79 Å². The number of ether oxygens (including phenoxy) is 2. The molecule has 0 aromatic carbocycles. The van der Waals surface area contributed by atoms with Crippen LogP contribution < -0.4 is 0 Å². The smallest absolute Gasteiger partial charge is 0.377 e. The van der Waals surface area contributed by atoms with Crippen LogP contribution in [0.25, 0.3) is 0 Å². The first kappa shape index (κ1) is 12.0. The van der Waals surface area contributed by atoms with Crippen LogP contribution in [-0.4, -0.2) is 25.5 Å². The molecule has 0 amide bonds. The van der Waals surface area contributed by atoms with Gasteiger partial charge in [0, 0.05) is 6.61 Å². The minimum Gasteiger partial charge on any atom is -0.377 e. The molecule has 0 fully saturated rings. The van der Waals surface area contributed by atoms with Gasteiger partial charge < -0.3 is 9.47 Å². The molecule has 13 heavy (non-hydrogen) atoms. The van der Waals surface area contributed by atoms with Crippen LogP contribution in [0.1, 0.15) is 6.92 Å². The summed E-state index contributed by atoms with van der Waals surface area (Å²) in [6.45, 7) is 4.75. The molecule has 0 radical (unpaired) electrons. The number of carbonyl (C=O) groups is 1. The van der Waals surface area contributed by atoms with Gasteiger partial charge in [-0.05, 0) is 6.92 Å². The molecule has 0 aliphatic carbocycles. The molecule has 0 rings (SSSR count). The van der Waals surface area contributed by atoms with E-state index >= 15 is 0 Å². The maximum absolute atomic E-state index is 11.5. The van der Waals surface area contributed by atoms with Gasteiger partial charge in [0.1, 0.15) is 0 Å². The summed E-state index contributed by atoms with van der Waals surface area (Å²) in [5, 5.41) is 0. The molecule has 0 heterocycles. The fourth-order valence-electron chi connectivity index (χ4n) is 0.461. The van der Waals surface area contributed by atoms with Gasteiger partial charge in [-0.3, -0.25) is 0 Å². The van der Waals surface area contributed by atoms with Crippen LogP contribution >= 0.6 is 0 Å². The first-order chi connectivity index (χ1) is 5.87. The van der Waals surface area contributed by atoms with Crippen molar-refractivity contribution >= 4 is 5.97 Å². The molecular weight excluding hydrogens is 189 g/mol. The Kier molecular flexibility index (Phi) is 4.47. The van der Waals surface area contributed by atoms with Crippen molar-refractivity contribution in [1.29, 1.82) is 0 Å². The zero-order chi connectivity index (χ0) is 10.5. The second kappa shape index (κ2) is 4.86. The Bertz CT molecular complexity index is 198. The average Bonchev–Trinajstić information content (AvgIpc) is 1.96. The molecule has 0 bridgehead atoms. The number of hydrogen-bond acceptors (Lipinski definition) is 3. The number of carbonyl (C=O) groups excluding carboxylic acids is 1. The number of halogens is 3. The first-order valence-electron chi connectivity index (χ1n) is 3.42. The molecule has 0 saturated heterocycles.